The van der Waals surface area contributed by atoms with Crippen molar-refractivity contribution in [1.29, 1.82) is 0 Å². The molecule has 0 radical (unpaired) electrons. The van der Waals surface area contributed by atoms with E-state index in [-0.39, 0.29) is 11.9 Å². The molecule has 1 rings (SSSR count). The topological polar surface area (TPSA) is 81.7 Å². The smallest absolute Gasteiger partial charge is 0.303 e. The summed E-state index contributed by atoms with van der Waals surface area (Å²) in [6, 6.07) is -0.0414. The Morgan fingerprint density at radius 1 is 0.897 bits per heavy atom. The Bertz CT molecular complexity index is 1070. The molecule has 0 unspecified atom stereocenters. The van der Waals surface area contributed by atoms with Gasteiger partial charge in [0, 0.05) is 26.0 Å². The average Bonchev–Trinajstić information content (AvgIpc) is 2.86. The summed E-state index contributed by atoms with van der Waals surface area (Å²) >= 11 is 0. The van der Waals surface area contributed by atoms with Crippen LogP contribution in [0.15, 0.2) is 108 Å². The molecular formula is C33H43NO5. The van der Waals surface area contributed by atoms with E-state index in [1.54, 1.807) is 36.5 Å². The number of unbranched alkanes of at least 4 members (excludes halogenated alkanes) is 1. The highest BCUT2D eigenvalue weighted by atomic mass is 16.6. The summed E-state index contributed by atoms with van der Waals surface area (Å²) in [7, 11) is 0. The van der Waals surface area contributed by atoms with Crippen LogP contribution in [0.5, 0.6) is 0 Å². The van der Waals surface area contributed by atoms with Crippen LogP contribution in [0.3, 0.4) is 0 Å². The molecule has 3 atom stereocenters. The minimum atomic E-state index is -0.816. The summed E-state index contributed by atoms with van der Waals surface area (Å²) in [6.45, 7) is 8.56. The van der Waals surface area contributed by atoms with Gasteiger partial charge < -0.3 is 14.8 Å². The van der Waals surface area contributed by atoms with Crippen LogP contribution in [-0.2, 0) is 23.9 Å². The third-order valence-electron chi connectivity index (χ3n) is 5.37. The average molecular weight is 534 g/mol. The van der Waals surface area contributed by atoms with Gasteiger partial charge in [-0.1, -0.05) is 103 Å². The molecule has 0 bridgehead atoms. The van der Waals surface area contributed by atoms with E-state index in [9.17, 15) is 14.4 Å². The number of hydrogen-bond donors (Lipinski definition) is 1. The van der Waals surface area contributed by atoms with Crippen LogP contribution in [0.25, 0.3) is 0 Å². The van der Waals surface area contributed by atoms with E-state index in [1.165, 1.54) is 19.9 Å². The van der Waals surface area contributed by atoms with Crippen LogP contribution in [0.1, 0.15) is 60.3 Å². The minimum absolute atomic E-state index is 0.0414. The molecule has 0 spiro atoms. The molecule has 0 aromatic rings. The third kappa shape index (κ3) is 17.3. The monoisotopic (exact) mass is 533 g/mol. The zero-order chi connectivity index (χ0) is 28.9. The van der Waals surface area contributed by atoms with Crippen molar-refractivity contribution in [3.63, 3.8) is 0 Å². The maximum absolute atomic E-state index is 12.6. The molecule has 0 fully saturated rings. The number of carbonyl (C=O) groups excluding carboxylic acids is 3. The number of hydrogen-bond acceptors (Lipinski definition) is 5. The van der Waals surface area contributed by atoms with Crippen molar-refractivity contribution in [1.82, 2.24) is 5.32 Å². The molecule has 0 saturated carbocycles. The van der Waals surface area contributed by atoms with Crippen LogP contribution in [0, 0.1) is 0 Å². The summed E-state index contributed by atoms with van der Waals surface area (Å²) in [5.74, 6) is -1.16. The molecule has 0 saturated heterocycles. The summed E-state index contributed by atoms with van der Waals surface area (Å²) in [4.78, 5) is 36.0. The van der Waals surface area contributed by atoms with Gasteiger partial charge in [-0.15, -0.1) is 0 Å². The van der Waals surface area contributed by atoms with Crippen LogP contribution in [-0.4, -0.2) is 36.1 Å². The van der Waals surface area contributed by atoms with E-state index in [4.69, 9.17) is 9.47 Å². The van der Waals surface area contributed by atoms with Crippen molar-refractivity contribution >= 4 is 17.8 Å². The highest BCUT2D eigenvalue weighted by Crippen LogP contribution is 2.13. The molecule has 6 heteroatoms. The molecule has 1 N–H and O–H groups in total. The molecule has 1 heterocycles. The molecular weight excluding hydrogens is 490 g/mol. The Labute approximate surface area is 233 Å². The molecule has 0 aromatic carbocycles. The van der Waals surface area contributed by atoms with Crippen molar-refractivity contribution in [3.05, 3.63) is 108 Å². The minimum Gasteiger partial charge on any atom is -0.454 e. The van der Waals surface area contributed by atoms with Gasteiger partial charge in [0.1, 0.15) is 0 Å². The number of rotatable bonds is 7. The normalized spacial score (nSPS) is 28.2. The lowest BCUT2D eigenvalue weighted by atomic mass is 10.1. The molecule has 1 aliphatic heterocycles. The van der Waals surface area contributed by atoms with Crippen LogP contribution >= 0.6 is 0 Å². The number of allylic oxidation sites excluding steroid dienone is 13. The molecule has 39 heavy (non-hydrogen) atoms. The number of esters is 2. The maximum atomic E-state index is 12.6. The Hall–Kier alpha value is -3.93. The lowest BCUT2D eigenvalue weighted by Crippen LogP contribution is -2.32. The highest BCUT2D eigenvalue weighted by molar-refractivity contribution is 5.88. The molecule has 1 amide bonds. The van der Waals surface area contributed by atoms with Gasteiger partial charge in [0.2, 0.25) is 5.91 Å². The van der Waals surface area contributed by atoms with Crippen molar-refractivity contribution in [2.45, 2.75) is 78.6 Å². The van der Waals surface area contributed by atoms with Crippen molar-refractivity contribution in [3.8, 4) is 0 Å². The first-order valence-electron chi connectivity index (χ1n) is 13.4. The maximum Gasteiger partial charge on any atom is 0.303 e. The van der Waals surface area contributed by atoms with Gasteiger partial charge in [0.25, 0.3) is 0 Å². The number of nitrogens with one attached hydrogen (secondary N) is 1. The molecule has 210 valence electrons. The summed E-state index contributed by atoms with van der Waals surface area (Å²) < 4.78 is 10.9. The first kappa shape index (κ1) is 33.1. The summed E-state index contributed by atoms with van der Waals surface area (Å²) in [5.41, 5.74) is 1.78. The zero-order valence-corrected chi connectivity index (χ0v) is 23.8. The van der Waals surface area contributed by atoms with Crippen LogP contribution in [0.4, 0.5) is 0 Å². The largest absolute Gasteiger partial charge is 0.454 e. The lowest BCUT2D eigenvalue weighted by Gasteiger charge is -2.22. The van der Waals surface area contributed by atoms with Gasteiger partial charge in [-0.3, -0.25) is 14.4 Å². The molecule has 0 aliphatic carbocycles. The lowest BCUT2D eigenvalue weighted by molar-refractivity contribution is -0.158. The van der Waals surface area contributed by atoms with Crippen LogP contribution in [0.2, 0.25) is 0 Å². The SMILES string of the molecule is CCC/C=C/C=C/C[C@@H]1C/C=C/C=C(C)/C=C/C=C\[C@@H](OC(C)=O)[C@@H](OC(C)=O)/C=C(C)/C=C/C=C/C(=O)N1. The molecule has 1 aliphatic rings. The Morgan fingerprint density at radius 2 is 1.54 bits per heavy atom. The second kappa shape index (κ2) is 20.1. The van der Waals surface area contributed by atoms with Gasteiger partial charge in [0.05, 0.1) is 0 Å². The third-order valence-corrected chi connectivity index (χ3v) is 5.37. The summed E-state index contributed by atoms with van der Waals surface area (Å²) in [6.07, 6.45) is 31.8. The Balaban J connectivity index is 3.24. The van der Waals surface area contributed by atoms with Crippen molar-refractivity contribution in [2.75, 3.05) is 0 Å². The van der Waals surface area contributed by atoms with Gasteiger partial charge in [-0.25, -0.2) is 0 Å². The predicted molar refractivity (Wildman–Crippen MR) is 159 cm³/mol. The summed E-state index contributed by atoms with van der Waals surface area (Å²) in [5, 5.41) is 3.07. The number of carbonyl (C=O) groups is 3. The van der Waals surface area contributed by atoms with E-state index in [0.29, 0.717) is 12.8 Å². The quantitative estimate of drug-likeness (QED) is 0.290. The van der Waals surface area contributed by atoms with Crippen molar-refractivity contribution < 1.29 is 23.9 Å². The predicted octanol–water partition coefficient (Wildman–Crippen LogP) is 6.71. The highest BCUT2D eigenvalue weighted by Gasteiger charge is 2.23. The van der Waals surface area contributed by atoms with E-state index in [1.807, 2.05) is 56.4 Å². The van der Waals surface area contributed by atoms with E-state index < -0.39 is 24.1 Å². The van der Waals surface area contributed by atoms with Gasteiger partial charge in [-0.2, -0.15) is 0 Å². The molecule has 6 nitrogen and oxygen atoms in total. The second-order valence-corrected chi connectivity index (χ2v) is 9.18. The fourth-order valence-electron chi connectivity index (χ4n) is 3.49. The van der Waals surface area contributed by atoms with Gasteiger partial charge >= 0.3 is 11.9 Å². The zero-order valence-electron chi connectivity index (χ0n) is 23.8. The van der Waals surface area contributed by atoms with Crippen LogP contribution < -0.4 is 5.32 Å². The first-order valence-corrected chi connectivity index (χ1v) is 13.4. The number of ether oxygens (including phenoxy) is 2. The fraction of sp³-hybridized carbons (Fsp3) is 0.364. The van der Waals surface area contributed by atoms with E-state index in [2.05, 4.69) is 24.4 Å². The van der Waals surface area contributed by atoms with E-state index in [0.717, 1.165) is 24.0 Å². The fourth-order valence-corrected chi connectivity index (χ4v) is 3.49. The van der Waals surface area contributed by atoms with E-state index >= 15 is 0 Å². The number of amides is 1. The van der Waals surface area contributed by atoms with Crippen molar-refractivity contribution in [2.24, 2.45) is 0 Å². The molecule has 0 aromatic heterocycles. The standard InChI is InChI=1S/C33H43NO5/c1-6-7-8-9-10-11-21-30-22-15-12-18-26(2)19-13-16-23-31(38-28(4)35)32(39-29(5)36)25-27(3)20-14-17-24-33(37)34-30/h8-20,23-25,30-32H,6-7,21-22H2,1-5H3,(H,34,37)/b9-8+,11-10+,15-12+,19-13+,20-14+,23-16-,24-17+,26-18+,27-25+/t30-,31-,32+/m1/s1. The second-order valence-electron chi connectivity index (χ2n) is 9.18. The Kier molecular flexibility index (Phi) is 17.0. The first-order chi connectivity index (χ1) is 18.7. The Morgan fingerprint density at radius 3 is 2.26 bits per heavy atom. The van der Waals surface area contributed by atoms with Gasteiger partial charge in [-0.05, 0) is 45.3 Å². The van der Waals surface area contributed by atoms with Gasteiger partial charge in [0.15, 0.2) is 12.2 Å².